The lowest BCUT2D eigenvalue weighted by molar-refractivity contribution is 0.415. The third-order valence-electron chi connectivity index (χ3n) is 2.07. The molecule has 0 fully saturated rings. The van der Waals surface area contributed by atoms with Crippen LogP contribution in [-0.4, -0.2) is 13.3 Å². The summed E-state index contributed by atoms with van der Waals surface area (Å²) in [6.07, 6.45) is 4.07. The van der Waals surface area contributed by atoms with Crippen LogP contribution in [0.2, 0.25) is 0 Å². The van der Waals surface area contributed by atoms with E-state index in [0.29, 0.717) is 0 Å². The van der Waals surface area contributed by atoms with Gasteiger partial charge in [0.1, 0.15) is 11.4 Å². The van der Waals surface area contributed by atoms with Gasteiger partial charge in [0.2, 0.25) is 0 Å². The van der Waals surface area contributed by atoms with E-state index in [-0.39, 0.29) is 0 Å². The molecule has 2 nitrogen and oxygen atoms in total. The number of rotatable bonds is 1. The Kier molecular flexibility index (Phi) is 1.82. The van der Waals surface area contributed by atoms with Crippen molar-refractivity contribution in [3.05, 3.63) is 23.8 Å². The highest BCUT2D eigenvalue weighted by atomic mass is 16.5. The van der Waals surface area contributed by atoms with Crippen LogP contribution in [0.25, 0.3) is 0 Å². The third kappa shape index (κ3) is 1.09. The van der Waals surface area contributed by atoms with Gasteiger partial charge in [0, 0.05) is 6.21 Å². The summed E-state index contributed by atoms with van der Waals surface area (Å²) >= 11 is 0. The molecular weight excluding hydrogens is 150 g/mol. The van der Waals surface area contributed by atoms with E-state index < -0.39 is 0 Å². The second-order valence-corrected chi connectivity index (χ2v) is 2.82. The lowest BCUT2D eigenvalue weighted by Gasteiger charge is -2.12. The van der Waals surface area contributed by atoms with Crippen molar-refractivity contribution < 1.29 is 4.74 Å². The molecule has 2 heteroatoms. The number of fused-ring (bicyclic) bond motifs is 1. The second-order valence-electron chi connectivity index (χ2n) is 2.82. The minimum Gasteiger partial charge on any atom is -0.494 e. The van der Waals surface area contributed by atoms with Gasteiger partial charge in [0.05, 0.1) is 7.11 Å². The second kappa shape index (κ2) is 2.97. The van der Waals surface area contributed by atoms with Crippen LogP contribution in [0.1, 0.15) is 12.0 Å². The molecule has 0 saturated heterocycles. The largest absolute Gasteiger partial charge is 0.494 e. The van der Waals surface area contributed by atoms with E-state index >= 15 is 0 Å². The fourth-order valence-electron chi connectivity index (χ4n) is 1.46. The van der Waals surface area contributed by atoms with Gasteiger partial charge in [-0.3, -0.25) is 4.99 Å². The first kappa shape index (κ1) is 7.35. The quantitative estimate of drug-likeness (QED) is 0.619. The predicted octanol–water partition coefficient (Wildman–Crippen LogP) is 2.34. The molecule has 1 aliphatic rings. The molecule has 0 N–H and O–H groups in total. The smallest absolute Gasteiger partial charge is 0.144 e. The zero-order chi connectivity index (χ0) is 8.39. The molecular formula is C10H11NO. The van der Waals surface area contributed by atoms with Crippen molar-refractivity contribution in [3.8, 4) is 5.75 Å². The molecule has 1 heterocycles. The Bertz CT molecular complexity index is 318. The molecule has 0 aromatic heterocycles. The van der Waals surface area contributed by atoms with Gasteiger partial charge in [-0.1, -0.05) is 12.1 Å². The number of nitrogens with zero attached hydrogens (tertiary/aromatic N) is 1. The Morgan fingerprint density at radius 2 is 2.33 bits per heavy atom. The summed E-state index contributed by atoms with van der Waals surface area (Å²) in [5.41, 5.74) is 2.29. The minimum absolute atomic E-state index is 0.878. The van der Waals surface area contributed by atoms with Gasteiger partial charge >= 0.3 is 0 Å². The number of aryl methyl sites for hydroxylation is 1. The van der Waals surface area contributed by atoms with Crippen LogP contribution in [0.15, 0.2) is 23.2 Å². The summed E-state index contributed by atoms with van der Waals surface area (Å²) in [6.45, 7) is 0. The summed E-state index contributed by atoms with van der Waals surface area (Å²) in [7, 11) is 1.68. The highest BCUT2D eigenvalue weighted by Gasteiger charge is 2.09. The minimum atomic E-state index is 0.878. The first-order valence-electron chi connectivity index (χ1n) is 4.10. The van der Waals surface area contributed by atoms with Crippen LogP contribution >= 0.6 is 0 Å². The van der Waals surface area contributed by atoms with Crippen molar-refractivity contribution in [2.75, 3.05) is 7.11 Å². The summed E-state index contributed by atoms with van der Waals surface area (Å²) in [6, 6.07) is 6.06. The topological polar surface area (TPSA) is 21.6 Å². The van der Waals surface area contributed by atoms with E-state index in [2.05, 4.69) is 11.1 Å². The van der Waals surface area contributed by atoms with Crippen LogP contribution in [0.4, 0.5) is 5.69 Å². The highest BCUT2D eigenvalue weighted by molar-refractivity contribution is 5.72. The van der Waals surface area contributed by atoms with Crippen molar-refractivity contribution in [1.29, 1.82) is 0 Å². The van der Waals surface area contributed by atoms with E-state index in [4.69, 9.17) is 4.74 Å². The monoisotopic (exact) mass is 161 g/mol. The Labute approximate surface area is 71.9 Å². The Balaban J connectivity index is 2.54. The SMILES string of the molecule is COc1cccc2c1N=CCC2. The Morgan fingerprint density at radius 3 is 3.17 bits per heavy atom. The fourth-order valence-corrected chi connectivity index (χ4v) is 1.46. The molecule has 0 atom stereocenters. The Morgan fingerprint density at radius 1 is 1.42 bits per heavy atom. The van der Waals surface area contributed by atoms with Crippen molar-refractivity contribution in [2.45, 2.75) is 12.8 Å². The van der Waals surface area contributed by atoms with Gasteiger partial charge in [-0.05, 0) is 24.5 Å². The van der Waals surface area contributed by atoms with Crippen LogP contribution in [0.5, 0.6) is 5.75 Å². The molecule has 1 aliphatic heterocycles. The average Bonchev–Trinajstić information content (AvgIpc) is 2.17. The first-order chi connectivity index (χ1) is 5.92. The van der Waals surface area contributed by atoms with Crippen LogP contribution in [-0.2, 0) is 6.42 Å². The van der Waals surface area contributed by atoms with Gasteiger partial charge < -0.3 is 4.74 Å². The standard InChI is InChI=1S/C10H11NO/c1-12-9-6-2-4-8-5-3-7-11-10(8)9/h2,4,6-7H,3,5H2,1H3. The van der Waals surface area contributed by atoms with E-state index in [0.717, 1.165) is 24.3 Å². The number of ether oxygens (including phenoxy) is 1. The summed E-state index contributed by atoms with van der Waals surface area (Å²) in [5, 5.41) is 0. The maximum absolute atomic E-state index is 5.20. The average molecular weight is 161 g/mol. The number of methoxy groups -OCH3 is 1. The summed E-state index contributed by atoms with van der Waals surface area (Å²) in [4.78, 5) is 4.31. The number of aliphatic imine (C=N–C) groups is 1. The van der Waals surface area contributed by atoms with Crippen LogP contribution in [0, 0.1) is 0 Å². The van der Waals surface area contributed by atoms with E-state index in [1.807, 2.05) is 18.3 Å². The lowest BCUT2D eigenvalue weighted by atomic mass is 10.1. The molecule has 2 rings (SSSR count). The van der Waals surface area contributed by atoms with Crippen molar-refractivity contribution >= 4 is 11.9 Å². The Hall–Kier alpha value is -1.31. The van der Waals surface area contributed by atoms with E-state index in [1.54, 1.807) is 7.11 Å². The molecule has 0 bridgehead atoms. The molecule has 0 radical (unpaired) electrons. The third-order valence-corrected chi connectivity index (χ3v) is 2.07. The van der Waals surface area contributed by atoms with Gasteiger partial charge in [-0.25, -0.2) is 0 Å². The highest BCUT2D eigenvalue weighted by Crippen LogP contribution is 2.33. The van der Waals surface area contributed by atoms with Crippen LogP contribution in [0.3, 0.4) is 0 Å². The van der Waals surface area contributed by atoms with Gasteiger partial charge in [0.15, 0.2) is 0 Å². The van der Waals surface area contributed by atoms with Crippen molar-refractivity contribution in [2.24, 2.45) is 4.99 Å². The summed E-state index contributed by atoms with van der Waals surface area (Å²) in [5.74, 6) is 0.878. The van der Waals surface area contributed by atoms with Crippen molar-refractivity contribution in [3.63, 3.8) is 0 Å². The predicted molar refractivity (Wildman–Crippen MR) is 49.5 cm³/mol. The maximum Gasteiger partial charge on any atom is 0.144 e. The molecule has 62 valence electrons. The van der Waals surface area contributed by atoms with Crippen molar-refractivity contribution in [1.82, 2.24) is 0 Å². The van der Waals surface area contributed by atoms with Gasteiger partial charge in [-0.2, -0.15) is 0 Å². The van der Waals surface area contributed by atoms with Gasteiger partial charge in [0.25, 0.3) is 0 Å². The molecule has 0 aliphatic carbocycles. The number of para-hydroxylation sites is 1. The van der Waals surface area contributed by atoms with E-state index in [9.17, 15) is 0 Å². The summed E-state index contributed by atoms with van der Waals surface area (Å²) < 4.78 is 5.20. The molecule has 12 heavy (non-hydrogen) atoms. The lowest BCUT2D eigenvalue weighted by Crippen LogP contribution is -1.95. The number of hydrogen-bond donors (Lipinski definition) is 0. The molecule has 0 unspecified atom stereocenters. The zero-order valence-electron chi connectivity index (χ0n) is 7.08. The molecule has 1 aromatic rings. The molecule has 0 spiro atoms. The fraction of sp³-hybridized carbons (Fsp3) is 0.300. The maximum atomic E-state index is 5.20. The zero-order valence-corrected chi connectivity index (χ0v) is 7.08. The molecule has 1 aromatic carbocycles. The number of hydrogen-bond acceptors (Lipinski definition) is 2. The molecule has 0 saturated carbocycles. The van der Waals surface area contributed by atoms with E-state index in [1.165, 1.54) is 5.56 Å². The normalized spacial score (nSPS) is 14.1. The van der Waals surface area contributed by atoms with Crippen LogP contribution < -0.4 is 4.74 Å². The first-order valence-corrected chi connectivity index (χ1v) is 4.10. The number of benzene rings is 1. The molecule has 0 amide bonds. The van der Waals surface area contributed by atoms with Gasteiger partial charge in [-0.15, -0.1) is 0 Å².